The predicted octanol–water partition coefficient (Wildman–Crippen LogP) is 0.150. The Hall–Kier alpha value is -2.31. The van der Waals surface area contributed by atoms with Crippen LogP contribution in [0, 0.1) is 13.8 Å². The summed E-state index contributed by atoms with van der Waals surface area (Å²) < 4.78 is 40.8. The minimum Gasteiger partial charge on any atom is -0.375 e. The molecule has 1 aliphatic heterocycles. The van der Waals surface area contributed by atoms with Gasteiger partial charge in [-0.3, -0.25) is 4.79 Å². The molecule has 0 aromatic carbocycles. The number of aromatic nitrogens is 3. The van der Waals surface area contributed by atoms with Gasteiger partial charge in [0.1, 0.15) is 17.9 Å². The van der Waals surface area contributed by atoms with Crippen LogP contribution < -0.4 is 0 Å². The Morgan fingerprint density at radius 1 is 1.29 bits per heavy atom. The van der Waals surface area contributed by atoms with Crippen LogP contribution in [0.15, 0.2) is 9.05 Å². The van der Waals surface area contributed by atoms with Gasteiger partial charge in [-0.2, -0.15) is 9.29 Å². The lowest BCUT2D eigenvalue weighted by molar-refractivity contribution is 0.0451. The van der Waals surface area contributed by atoms with Gasteiger partial charge in [-0.15, -0.1) is 0 Å². The highest BCUT2D eigenvalue weighted by atomic mass is 32.2. The van der Waals surface area contributed by atoms with Crippen molar-refractivity contribution in [2.24, 2.45) is 0 Å². The topological polar surface area (TPSA) is 132 Å². The van der Waals surface area contributed by atoms with Gasteiger partial charge in [-0.25, -0.2) is 8.42 Å². The number of carbonyl (C=O) groups is 1. The first kappa shape index (κ1) is 20.4. The molecule has 1 amide bonds. The molecule has 0 bridgehead atoms. The van der Waals surface area contributed by atoms with E-state index in [2.05, 4.69) is 15.3 Å². The van der Waals surface area contributed by atoms with E-state index in [4.69, 9.17) is 13.8 Å². The fourth-order valence-corrected chi connectivity index (χ4v) is 4.25. The lowest BCUT2D eigenvalue weighted by Gasteiger charge is -2.44. The van der Waals surface area contributed by atoms with Gasteiger partial charge in [0.2, 0.25) is 10.0 Å². The largest absolute Gasteiger partial charge is 0.375 e. The molecule has 0 aliphatic carbocycles. The van der Waals surface area contributed by atoms with Crippen molar-refractivity contribution in [3.8, 4) is 0 Å². The summed E-state index contributed by atoms with van der Waals surface area (Å²) in [6.45, 7) is 4.38. The SMILES string of the molecule is COCc1nc(CCN(C2CN(C(=O)c3c(C)noc3C)C2)S(C)(=O)=O)no1. The standard InChI is InChI=1S/C16H23N5O6S/c1-10-15(11(2)26-18-10)16(22)20-7-12(8-20)21(28(4,23)24)6-5-13-17-14(9-25-3)27-19-13/h12H,5-9H2,1-4H3. The number of nitrogens with zero attached hydrogens (tertiary/aromatic N) is 5. The number of hydrogen-bond donors (Lipinski definition) is 0. The molecule has 0 radical (unpaired) electrons. The number of sulfonamides is 1. The van der Waals surface area contributed by atoms with Gasteiger partial charge in [0, 0.05) is 33.2 Å². The van der Waals surface area contributed by atoms with Gasteiger partial charge in [-0.1, -0.05) is 10.3 Å². The first-order valence-electron chi connectivity index (χ1n) is 8.70. The zero-order valence-corrected chi connectivity index (χ0v) is 17.0. The fraction of sp³-hybridized carbons (Fsp3) is 0.625. The van der Waals surface area contributed by atoms with E-state index in [1.165, 1.54) is 11.4 Å². The number of rotatable bonds is 8. The quantitative estimate of drug-likeness (QED) is 0.593. The Kier molecular flexibility index (Phi) is 5.82. The third-order valence-corrected chi connectivity index (χ3v) is 5.90. The van der Waals surface area contributed by atoms with E-state index in [0.29, 0.717) is 48.2 Å². The van der Waals surface area contributed by atoms with E-state index < -0.39 is 10.0 Å². The first-order chi connectivity index (χ1) is 13.2. The molecule has 12 heteroatoms. The van der Waals surface area contributed by atoms with Crippen molar-refractivity contribution < 1.29 is 27.0 Å². The van der Waals surface area contributed by atoms with Crippen LogP contribution in [0.25, 0.3) is 0 Å². The van der Waals surface area contributed by atoms with Crippen LogP contribution in [0.3, 0.4) is 0 Å². The zero-order valence-electron chi connectivity index (χ0n) is 16.2. The number of hydrogen-bond acceptors (Lipinski definition) is 9. The molecular weight excluding hydrogens is 390 g/mol. The molecule has 0 saturated carbocycles. The zero-order chi connectivity index (χ0) is 20.5. The van der Waals surface area contributed by atoms with Crippen molar-refractivity contribution in [2.45, 2.75) is 32.9 Å². The third kappa shape index (κ3) is 4.23. The average molecular weight is 413 g/mol. The van der Waals surface area contributed by atoms with E-state index in [1.807, 2.05) is 0 Å². The molecule has 11 nitrogen and oxygen atoms in total. The highest BCUT2D eigenvalue weighted by Gasteiger charge is 2.40. The van der Waals surface area contributed by atoms with Gasteiger partial charge in [0.25, 0.3) is 11.8 Å². The van der Waals surface area contributed by atoms with Crippen molar-refractivity contribution in [3.05, 3.63) is 28.7 Å². The summed E-state index contributed by atoms with van der Waals surface area (Å²) in [6.07, 6.45) is 1.45. The lowest BCUT2D eigenvalue weighted by atomic mass is 10.1. The molecule has 0 atom stereocenters. The molecule has 0 N–H and O–H groups in total. The number of ether oxygens (including phenoxy) is 1. The average Bonchev–Trinajstić information content (AvgIpc) is 3.14. The van der Waals surface area contributed by atoms with Crippen LogP contribution in [0.4, 0.5) is 0 Å². The van der Waals surface area contributed by atoms with Crippen molar-refractivity contribution in [1.29, 1.82) is 0 Å². The Morgan fingerprint density at radius 2 is 2.00 bits per heavy atom. The van der Waals surface area contributed by atoms with E-state index in [0.717, 1.165) is 6.26 Å². The molecule has 3 heterocycles. The van der Waals surface area contributed by atoms with Crippen LogP contribution in [-0.4, -0.2) is 77.9 Å². The number of aryl methyl sites for hydroxylation is 2. The smallest absolute Gasteiger partial charge is 0.259 e. The summed E-state index contributed by atoms with van der Waals surface area (Å²) in [5, 5.41) is 7.61. The highest BCUT2D eigenvalue weighted by Crippen LogP contribution is 2.23. The van der Waals surface area contributed by atoms with Gasteiger partial charge in [0.15, 0.2) is 5.82 Å². The summed E-state index contributed by atoms with van der Waals surface area (Å²) in [4.78, 5) is 18.3. The molecule has 3 rings (SSSR count). The minimum absolute atomic E-state index is 0.197. The maximum absolute atomic E-state index is 12.6. The summed E-state index contributed by atoms with van der Waals surface area (Å²) >= 11 is 0. The van der Waals surface area contributed by atoms with Crippen molar-refractivity contribution >= 4 is 15.9 Å². The van der Waals surface area contributed by atoms with Crippen LogP contribution in [0.2, 0.25) is 0 Å². The molecule has 154 valence electrons. The Balaban J connectivity index is 1.62. The predicted molar refractivity (Wildman–Crippen MR) is 95.9 cm³/mol. The van der Waals surface area contributed by atoms with Crippen LogP contribution in [0.1, 0.15) is 33.5 Å². The molecule has 2 aromatic heterocycles. The first-order valence-corrected chi connectivity index (χ1v) is 10.5. The van der Waals surface area contributed by atoms with Gasteiger partial charge in [0.05, 0.1) is 18.0 Å². The van der Waals surface area contributed by atoms with E-state index >= 15 is 0 Å². The minimum atomic E-state index is -3.46. The molecule has 0 unspecified atom stereocenters. The lowest BCUT2D eigenvalue weighted by Crippen LogP contribution is -2.62. The second-order valence-electron chi connectivity index (χ2n) is 6.72. The van der Waals surface area contributed by atoms with E-state index in [-0.39, 0.29) is 25.1 Å². The molecular formula is C16H23N5O6S. The van der Waals surface area contributed by atoms with E-state index in [9.17, 15) is 13.2 Å². The summed E-state index contributed by atoms with van der Waals surface area (Å²) in [5.74, 6) is 0.991. The third-order valence-electron chi connectivity index (χ3n) is 4.56. The summed E-state index contributed by atoms with van der Waals surface area (Å²) in [6, 6.07) is -0.301. The monoisotopic (exact) mass is 413 g/mol. The maximum Gasteiger partial charge on any atom is 0.259 e. The highest BCUT2D eigenvalue weighted by molar-refractivity contribution is 7.88. The van der Waals surface area contributed by atoms with E-state index in [1.54, 1.807) is 18.7 Å². The van der Waals surface area contributed by atoms with Crippen LogP contribution in [-0.2, 0) is 27.8 Å². The second-order valence-corrected chi connectivity index (χ2v) is 8.66. The van der Waals surface area contributed by atoms with Gasteiger partial charge in [-0.05, 0) is 13.8 Å². The molecule has 28 heavy (non-hydrogen) atoms. The Bertz CT molecular complexity index is 927. The van der Waals surface area contributed by atoms with Gasteiger partial charge < -0.3 is 18.7 Å². The molecule has 0 spiro atoms. The Morgan fingerprint density at radius 3 is 2.57 bits per heavy atom. The molecule has 1 aliphatic rings. The van der Waals surface area contributed by atoms with Crippen molar-refractivity contribution in [2.75, 3.05) is 33.0 Å². The second kappa shape index (κ2) is 7.97. The fourth-order valence-electron chi connectivity index (χ4n) is 3.15. The van der Waals surface area contributed by atoms with Crippen molar-refractivity contribution in [1.82, 2.24) is 24.5 Å². The number of carbonyl (C=O) groups excluding carboxylic acids is 1. The number of methoxy groups -OCH3 is 1. The molecule has 1 saturated heterocycles. The number of likely N-dealkylation sites (tertiary alicyclic amines) is 1. The molecule has 2 aromatic rings. The molecule has 1 fully saturated rings. The Labute approximate surface area is 162 Å². The summed E-state index contributed by atoms with van der Waals surface area (Å²) in [5.41, 5.74) is 0.955. The van der Waals surface area contributed by atoms with Crippen LogP contribution >= 0.6 is 0 Å². The normalized spacial score (nSPS) is 15.2. The number of amides is 1. The van der Waals surface area contributed by atoms with Crippen molar-refractivity contribution in [3.63, 3.8) is 0 Å². The van der Waals surface area contributed by atoms with Gasteiger partial charge >= 0.3 is 0 Å². The summed E-state index contributed by atoms with van der Waals surface area (Å²) in [7, 11) is -1.95. The maximum atomic E-state index is 12.6. The van der Waals surface area contributed by atoms with Crippen LogP contribution in [0.5, 0.6) is 0 Å².